The number of benzene rings is 1. The molecule has 0 heterocycles. The molecule has 0 bridgehead atoms. The summed E-state index contributed by atoms with van der Waals surface area (Å²) in [5.74, 6) is 0. The Bertz CT molecular complexity index is 358. The fourth-order valence-corrected chi connectivity index (χ4v) is 1.33. The highest BCUT2D eigenvalue weighted by atomic mass is 15.1. The molecule has 2 nitrogen and oxygen atoms in total. The zero-order chi connectivity index (χ0) is 13.3. The molecule has 0 radical (unpaired) electrons. The molecule has 1 aromatic rings. The van der Waals surface area contributed by atoms with Gasteiger partial charge in [-0.2, -0.15) is 0 Å². The van der Waals surface area contributed by atoms with Crippen LogP contribution in [0.25, 0.3) is 5.70 Å². The summed E-state index contributed by atoms with van der Waals surface area (Å²) < 4.78 is 2.03. The normalized spacial score (nSPS) is 10.1. The Balaban J connectivity index is 0.00000121. The van der Waals surface area contributed by atoms with Crippen LogP contribution >= 0.6 is 0 Å². The number of rotatable bonds is 3. The van der Waals surface area contributed by atoms with Gasteiger partial charge in [0.2, 0.25) is 0 Å². The van der Waals surface area contributed by atoms with E-state index in [1.165, 1.54) is 11.3 Å². The molecular weight excluding hydrogens is 208 g/mol. The Labute approximate surface area is 106 Å². The van der Waals surface area contributed by atoms with Crippen LogP contribution in [-0.2, 0) is 0 Å². The average molecular weight is 233 g/mol. The molecule has 0 fully saturated rings. The molecule has 1 rings (SSSR count). The van der Waals surface area contributed by atoms with Crippen LogP contribution in [0, 0.1) is 0 Å². The van der Waals surface area contributed by atoms with Gasteiger partial charge in [-0.1, -0.05) is 44.2 Å². The summed E-state index contributed by atoms with van der Waals surface area (Å²) in [7, 11) is 8.16. The van der Waals surface area contributed by atoms with Crippen LogP contribution in [0.4, 0.5) is 0 Å². The lowest BCUT2D eigenvalue weighted by molar-refractivity contribution is -0.458. The van der Waals surface area contributed by atoms with Crippen LogP contribution in [0.2, 0.25) is 0 Å². The zero-order valence-corrected chi connectivity index (χ0v) is 11.9. The molecule has 0 saturated carbocycles. The van der Waals surface area contributed by atoms with E-state index in [9.17, 15) is 0 Å². The number of hydrogen-bond acceptors (Lipinski definition) is 1. The van der Waals surface area contributed by atoms with Gasteiger partial charge in [0.1, 0.15) is 14.1 Å². The molecule has 0 aliphatic carbocycles. The first-order valence-electron chi connectivity index (χ1n) is 6.05. The van der Waals surface area contributed by atoms with Gasteiger partial charge in [0.25, 0.3) is 0 Å². The van der Waals surface area contributed by atoms with E-state index in [-0.39, 0.29) is 0 Å². The predicted molar refractivity (Wildman–Crippen MR) is 77.6 cm³/mol. The maximum atomic E-state index is 2.12. The molecule has 0 atom stereocenters. The van der Waals surface area contributed by atoms with Crippen molar-refractivity contribution in [3.63, 3.8) is 0 Å². The first-order valence-corrected chi connectivity index (χ1v) is 6.05. The molecule has 0 aliphatic rings. The van der Waals surface area contributed by atoms with E-state index in [4.69, 9.17) is 0 Å². The second-order valence-electron chi connectivity index (χ2n) is 3.93. The van der Waals surface area contributed by atoms with E-state index in [0.717, 1.165) is 0 Å². The van der Waals surface area contributed by atoms with Crippen LogP contribution < -0.4 is 0 Å². The van der Waals surface area contributed by atoms with Gasteiger partial charge >= 0.3 is 0 Å². The highest BCUT2D eigenvalue weighted by Crippen LogP contribution is 2.14. The molecule has 0 amide bonds. The van der Waals surface area contributed by atoms with Crippen LogP contribution in [0.3, 0.4) is 0 Å². The largest absolute Gasteiger partial charge is 0.377 e. The van der Waals surface area contributed by atoms with E-state index < -0.39 is 0 Å². The van der Waals surface area contributed by atoms with Gasteiger partial charge in [0.05, 0.1) is 0 Å². The van der Waals surface area contributed by atoms with Crippen LogP contribution in [0.1, 0.15) is 19.4 Å². The minimum absolute atomic E-state index is 1.21. The van der Waals surface area contributed by atoms with E-state index in [0.29, 0.717) is 0 Å². The van der Waals surface area contributed by atoms with Crippen molar-refractivity contribution >= 4 is 11.9 Å². The molecule has 0 N–H and O–H groups in total. The molecule has 0 aromatic heterocycles. The lowest BCUT2D eigenvalue weighted by atomic mass is 10.1. The first kappa shape index (κ1) is 15.4. The molecule has 0 aliphatic heterocycles. The van der Waals surface area contributed by atoms with Gasteiger partial charge in [-0.3, -0.25) is 0 Å². The van der Waals surface area contributed by atoms with Gasteiger partial charge in [-0.15, -0.1) is 0 Å². The third-order valence-electron chi connectivity index (χ3n) is 2.08. The summed E-state index contributed by atoms with van der Waals surface area (Å²) in [4.78, 5) is 2.12. The Morgan fingerprint density at radius 1 is 1.06 bits per heavy atom. The second kappa shape index (κ2) is 8.57. The third kappa shape index (κ3) is 5.91. The third-order valence-corrected chi connectivity index (χ3v) is 2.08. The van der Waals surface area contributed by atoms with Crippen LogP contribution in [0.15, 0.2) is 36.4 Å². The summed E-state index contributed by atoms with van der Waals surface area (Å²) in [6, 6.07) is 10.4. The molecule has 0 spiro atoms. The highest BCUT2D eigenvalue weighted by Gasteiger charge is 2.02. The summed E-state index contributed by atoms with van der Waals surface area (Å²) in [6.45, 7) is 4.00. The molecule has 2 heteroatoms. The molecular formula is C15H25N2+. The zero-order valence-electron chi connectivity index (χ0n) is 11.9. The fraction of sp³-hybridized carbons (Fsp3) is 0.400. The first-order chi connectivity index (χ1) is 8.11. The van der Waals surface area contributed by atoms with E-state index in [2.05, 4.69) is 55.6 Å². The van der Waals surface area contributed by atoms with Crippen molar-refractivity contribution in [2.24, 2.45) is 0 Å². The van der Waals surface area contributed by atoms with Gasteiger partial charge in [-0.05, 0) is 5.56 Å². The van der Waals surface area contributed by atoms with Crippen LogP contribution in [-0.4, -0.2) is 43.9 Å². The van der Waals surface area contributed by atoms with E-state index in [1.807, 2.05) is 38.6 Å². The van der Waals surface area contributed by atoms with Crippen molar-refractivity contribution in [3.8, 4) is 0 Å². The smallest absolute Gasteiger partial charge is 0.164 e. The van der Waals surface area contributed by atoms with Crippen molar-refractivity contribution in [1.29, 1.82) is 0 Å². The van der Waals surface area contributed by atoms with Crippen molar-refractivity contribution in [1.82, 2.24) is 4.90 Å². The van der Waals surface area contributed by atoms with Crippen LogP contribution in [0.5, 0.6) is 0 Å². The Hall–Kier alpha value is -1.57. The van der Waals surface area contributed by atoms with Crippen molar-refractivity contribution in [2.45, 2.75) is 13.8 Å². The number of allylic oxidation sites excluding steroid dienone is 1. The second-order valence-corrected chi connectivity index (χ2v) is 3.93. The van der Waals surface area contributed by atoms with Gasteiger partial charge in [0.15, 0.2) is 6.21 Å². The Morgan fingerprint density at radius 3 is 2.00 bits per heavy atom. The average Bonchev–Trinajstić information content (AvgIpc) is 2.32. The summed E-state index contributed by atoms with van der Waals surface area (Å²) >= 11 is 0. The Kier molecular flexibility index (Phi) is 7.78. The van der Waals surface area contributed by atoms with Gasteiger partial charge < -0.3 is 4.90 Å². The summed E-state index contributed by atoms with van der Waals surface area (Å²) in [6.07, 6.45) is 4.18. The maximum Gasteiger partial charge on any atom is 0.164 e. The summed E-state index contributed by atoms with van der Waals surface area (Å²) in [5, 5.41) is 0. The lowest BCUT2D eigenvalue weighted by Crippen LogP contribution is -2.11. The minimum atomic E-state index is 1.21. The molecule has 0 unspecified atom stereocenters. The van der Waals surface area contributed by atoms with Crippen molar-refractivity contribution in [3.05, 3.63) is 42.0 Å². The lowest BCUT2D eigenvalue weighted by Gasteiger charge is -2.16. The number of hydrogen-bond donors (Lipinski definition) is 0. The topological polar surface area (TPSA) is 6.25 Å². The molecule has 0 saturated heterocycles. The Morgan fingerprint density at radius 2 is 1.59 bits per heavy atom. The van der Waals surface area contributed by atoms with E-state index >= 15 is 0 Å². The molecule has 94 valence electrons. The minimum Gasteiger partial charge on any atom is -0.377 e. The van der Waals surface area contributed by atoms with E-state index in [1.54, 1.807) is 0 Å². The monoisotopic (exact) mass is 233 g/mol. The van der Waals surface area contributed by atoms with Crippen molar-refractivity contribution < 1.29 is 4.58 Å². The van der Waals surface area contributed by atoms with Crippen molar-refractivity contribution in [2.75, 3.05) is 28.2 Å². The van der Waals surface area contributed by atoms with Gasteiger partial charge in [0, 0.05) is 25.9 Å². The molecule has 1 aromatic carbocycles. The molecule has 17 heavy (non-hydrogen) atoms. The number of nitrogens with zero attached hydrogens (tertiary/aromatic N) is 2. The fourth-order valence-electron chi connectivity index (χ4n) is 1.33. The maximum absolute atomic E-state index is 2.12. The quantitative estimate of drug-likeness (QED) is 0.574. The SMILES string of the molecule is CC.CN(C)/C(=C/C=[N+](C)C)c1ccccc1. The summed E-state index contributed by atoms with van der Waals surface area (Å²) in [5.41, 5.74) is 2.45. The standard InChI is InChI=1S/C13H19N2.C2H6/c1-14(2)11-10-13(15(3)4)12-8-6-5-7-9-12;1-2/h5-11H,1-4H3;1-2H3/q+1;. The predicted octanol–water partition coefficient (Wildman–Crippen LogP) is 2.96. The highest BCUT2D eigenvalue weighted by molar-refractivity contribution is 5.81. The van der Waals surface area contributed by atoms with Gasteiger partial charge in [-0.25, -0.2) is 4.58 Å².